The molecule has 2 rings (SSSR count). The highest BCUT2D eigenvalue weighted by atomic mass is 32.2. The maximum atomic E-state index is 12.3. The zero-order chi connectivity index (χ0) is 21.5. The van der Waals surface area contributed by atoms with Gasteiger partial charge in [-0.05, 0) is 40.7 Å². The molecule has 0 spiro atoms. The standard InChI is InChI=1S/C18H28N2O7S/c1-17(2,3)27-16(22)19-14-10-8-13(25-6)11(20-28(7,23)24)9-12(10)26-18(4,5)15(14)21/h8-9,14-15,20-21H,1-7H3,(H,19,22)/t14-,15+/m0/s1. The van der Waals surface area contributed by atoms with Gasteiger partial charge < -0.3 is 24.6 Å². The lowest BCUT2D eigenvalue weighted by Gasteiger charge is -2.42. The Balaban J connectivity index is 2.50. The third-order valence-electron chi connectivity index (χ3n) is 4.04. The quantitative estimate of drug-likeness (QED) is 0.687. The summed E-state index contributed by atoms with van der Waals surface area (Å²) in [5, 5.41) is 13.4. The molecule has 3 N–H and O–H groups in total. The van der Waals surface area contributed by atoms with Crippen molar-refractivity contribution in [3.63, 3.8) is 0 Å². The van der Waals surface area contributed by atoms with Crippen molar-refractivity contribution in [3.8, 4) is 11.5 Å². The highest BCUT2D eigenvalue weighted by Crippen LogP contribution is 2.44. The molecule has 0 unspecified atom stereocenters. The topological polar surface area (TPSA) is 123 Å². The third-order valence-corrected chi connectivity index (χ3v) is 4.63. The van der Waals surface area contributed by atoms with Gasteiger partial charge in [0.25, 0.3) is 0 Å². The Hall–Kier alpha value is -2.20. The smallest absolute Gasteiger partial charge is 0.408 e. The van der Waals surface area contributed by atoms with E-state index in [2.05, 4.69) is 10.0 Å². The minimum Gasteiger partial charge on any atom is -0.495 e. The number of rotatable bonds is 4. The van der Waals surface area contributed by atoms with Crippen molar-refractivity contribution in [3.05, 3.63) is 17.7 Å². The number of fused-ring (bicyclic) bond motifs is 1. The summed E-state index contributed by atoms with van der Waals surface area (Å²) in [5.74, 6) is 0.527. The predicted octanol–water partition coefficient (Wildman–Crippen LogP) is 2.16. The SMILES string of the molecule is COc1cc2c(cc1NS(C)(=O)=O)OC(C)(C)[C@H](O)[C@H]2NC(=O)OC(C)(C)C. The number of aliphatic hydroxyl groups is 1. The number of anilines is 1. The van der Waals surface area contributed by atoms with E-state index in [4.69, 9.17) is 14.2 Å². The summed E-state index contributed by atoms with van der Waals surface area (Å²) in [6.45, 7) is 8.53. The van der Waals surface area contributed by atoms with E-state index in [0.717, 1.165) is 6.26 Å². The molecule has 28 heavy (non-hydrogen) atoms. The van der Waals surface area contributed by atoms with Crippen LogP contribution < -0.4 is 19.5 Å². The minimum atomic E-state index is -3.55. The Bertz CT molecular complexity index is 859. The number of aliphatic hydroxyl groups excluding tert-OH is 1. The summed E-state index contributed by atoms with van der Waals surface area (Å²) in [6, 6.07) is 2.13. The van der Waals surface area contributed by atoms with Gasteiger partial charge >= 0.3 is 6.09 Å². The second kappa shape index (κ2) is 7.32. The first-order valence-electron chi connectivity index (χ1n) is 8.69. The highest BCUT2D eigenvalue weighted by Gasteiger charge is 2.44. The van der Waals surface area contributed by atoms with Gasteiger partial charge in [0.05, 0.1) is 25.1 Å². The lowest BCUT2D eigenvalue weighted by Crippen LogP contribution is -2.54. The second-order valence-corrected chi connectivity index (χ2v) is 9.99. The maximum absolute atomic E-state index is 12.3. The molecule has 1 aromatic carbocycles. The number of sulfonamides is 1. The van der Waals surface area contributed by atoms with E-state index in [-0.39, 0.29) is 11.4 Å². The number of hydrogen-bond acceptors (Lipinski definition) is 7. The Kier molecular flexibility index (Phi) is 5.78. The second-order valence-electron chi connectivity index (χ2n) is 8.24. The van der Waals surface area contributed by atoms with Gasteiger partial charge in [-0.1, -0.05) is 0 Å². The van der Waals surface area contributed by atoms with Crippen LogP contribution in [0, 0.1) is 0 Å². The Labute approximate surface area is 165 Å². The van der Waals surface area contributed by atoms with Gasteiger partial charge in [-0.15, -0.1) is 0 Å². The summed E-state index contributed by atoms with van der Waals surface area (Å²) in [4.78, 5) is 12.3. The Morgan fingerprint density at radius 2 is 1.89 bits per heavy atom. The van der Waals surface area contributed by atoms with E-state index >= 15 is 0 Å². The van der Waals surface area contributed by atoms with E-state index in [0.29, 0.717) is 11.3 Å². The van der Waals surface area contributed by atoms with Crippen LogP contribution in [0.15, 0.2) is 12.1 Å². The average Bonchev–Trinajstić information content (AvgIpc) is 2.48. The van der Waals surface area contributed by atoms with Crippen molar-refractivity contribution < 1.29 is 32.5 Å². The van der Waals surface area contributed by atoms with E-state index in [9.17, 15) is 18.3 Å². The molecule has 0 fully saturated rings. The van der Waals surface area contributed by atoms with Crippen molar-refractivity contribution in [1.82, 2.24) is 5.32 Å². The first-order chi connectivity index (χ1) is 12.6. The normalized spacial score (nSPS) is 21.1. The number of carbonyl (C=O) groups is 1. The molecule has 0 aromatic heterocycles. The van der Waals surface area contributed by atoms with Crippen LogP contribution in [0.1, 0.15) is 46.2 Å². The summed E-state index contributed by atoms with van der Waals surface area (Å²) in [5.41, 5.74) is -1.14. The van der Waals surface area contributed by atoms with Gasteiger partial charge in [0.1, 0.15) is 28.8 Å². The van der Waals surface area contributed by atoms with E-state index in [1.807, 2.05) is 0 Å². The lowest BCUT2D eigenvalue weighted by atomic mass is 9.86. The summed E-state index contributed by atoms with van der Waals surface area (Å²) >= 11 is 0. The van der Waals surface area contributed by atoms with Gasteiger partial charge in [0, 0.05) is 11.6 Å². The number of carbonyl (C=O) groups excluding carboxylic acids is 1. The molecular weight excluding hydrogens is 388 g/mol. The van der Waals surface area contributed by atoms with Gasteiger partial charge in [-0.25, -0.2) is 13.2 Å². The number of benzene rings is 1. The predicted molar refractivity (Wildman–Crippen MR) is 104 cm³/mol. The molecule has 0 saturated carbocycles. The van der Waals surface area contributed by atoms with Gasteiger partial charge in [-0.2, -0.15) is 0 Å². The molecule has 1 aliphatic heterocycles. The van der Waals surface area contributed by atoms with E-state index in [1.54, 1.807) is 34.6 Å². The van der Waals surface area contributed by atoms with Crippen LogP contribution in [0.5, 0.6) is 11.5 Å². The minimum absolute atomic E-state index is 0.187. The van der Waals surface area contributed by atoms with Crippen LogP contribution in [-0.2, 0) is 14.8 Å². The number of nitrogens with one attached hydrogen (secondary N) is 2. The molecule has 1 aliphatic rings. The van der Waals surface area contributed by atoms with Crippen molar-refractivity contribution in [2.24, 2.45) is 0 Å². The average molecular weight is 416 g/mol. The van der Waals surface area contributed by atoms with Crippen LogP contribution in [0.2, 0.25) is 0 Å². The fourth-order valence-corrected chi connectivity index (χ4v) is 3.42. The molecule has 1 aromatic rings. The molecule has 9 nitrogen and oxygen atoms in total. The monoisotopic (exact) mass is 416 g/mol. The van der Waals surface area contributed by atoms with Crippen molar-refractivity contribution in [2.45, 2.75) is 58.0 Å². The van der Waals surface area contributed by atoms with Crippen molar-refractivity contribution >= 4 is 21.8 Å². The molecule has 0 radical (unpaired) electrons. The Morgan fingerprint density at radius 1 is 1.29 bits per heavy atom. The number of alkyl carbamates (subject to hydrolysis) is 1. The molecule has 0 bridgehead atoms. The number of methoxy groups -OCH3 is 1. The molecule has 158 valence electrons. The number of amides is 1. The summed E-state index contributed by atoms with van der Waals surface area (Å²) in [6.07, 6.45) is -0.767. The van der Waals surface area contributed by atoms with Crippen LogP contribution in [-0.4, -0.2) is 50.3 Å². The molecule has 2 atom stereocenters. The lowest BCUT2D eigenvalue weighted by molar-refractivity contribution is -0.0653. The molecular formula is C18H28N2O7S. The first kappa shape index (κ1) is 22.1. The van der Waals surface area contributed by atoms with Gasteiger partial charge in [0.15, 0.2) is 0 Å². The summed E-state index contributed by atoms with van der Waals surface area (Å²) in [7, 11) is -2.17. The fraction of sp³-hybridized carbons (Fsp3) is 0.611. The largest absolute Gasteiger partial charge is 0.495 e. The van der Waals surface area contributed by atoms with Gasteiger partial charge in [0.2, 0.25) is 10.0 Å². The fourth-order valence-electron chi connectivity index (χ4n) is 2.86. The molecule has 0 saturated heterocycles. The molecule has 1 amide bonds. The third kappa shape index (κ3) is 5.20. The van der Waals surface area contributed by atoms with Crippen LogP contribution in [0.25, 0.3) is 0 Å². The number of hydrogen-bond donors (Lipinski definition) is 3. The van der Waals surface area contributed by atoms with Gasteiger partial charge in [-0.3, -0.25) is 4.72 Å². The van der Waals surface area contributed by atoms with E-state index < -0.39 is 39.5 Å². The zero-order valence-electron chi connectivity index (χ0n) is 17.1. The molecule has 0 aliphatic carbocycles. The van der Waals surface area contributed by atoms with Crippen LogP contribution >= 0.6 is 0 Å². The number of ether oxygens (including phenoxy) is 3. The van der Waals surface area contributed by atoms with Crippen molar-refractivity contribution in [2.75, 3.05) is 18.1 Å². The van der Waals surface area contributed by atoms with Crippen LogP contribution in [0.3, 0.4) is 0 Å². The van der Waals surface area contributed by atoms with Crippen LogP contribution in [0.4, 0.5) is 10.5 Å². The zero-order valence-corrected chi connectivity index (χ0v) is 17.9. The maximum Gasteiger partial charge on any atom is 0.408 e. The van der Waals surface area contributed by atoms with Crippen molar-refractivity contribution in [1.29, 1.82) is 0 Å². The van der Waals surface area contributed by atoms with E-state index in [1.165, 1.54) is 19.2 Å². The Morgan fingerprint density at radius 3 is 2.39 bits per heavy atom. The molecule has 1 heterocycles. The summed E-state index contributed by atoms with van der Waals surface area (Å²) < 4.78 is 42.1. The first-order valence-corrected chi connectivity index (χ1v) is 10.6. The highest BCUT2D eigenvalue weighted by molar-refractivity contribution is 7.92. The molecule has 10 heteroatoms.